The van der Waals surface area contributed by atoms with Crippen LogP contribution in [0.4, 0.5) is 19.1 Å². The lowest BCUT2D eigenvalue weighted by Crippen LogP contribution is -2.35. The van der Waals surface area contributed by atoms with E-state index in [1.807, 2.05) is 4.90 Å². The molecule has 224 valence electrons. The van der Waals surface area contributed by atoms with Crippen molar-refractivity contribution in [3.05, 3.63) is 83.2 Å². The van der Waals surface area contributed by atoms with E-state index in [4.69, 9.17) is 4.74 Å². The highest BCUT2D eigenvalue weighted by molar-refractivity contribution is 7.91. The van der Waals surface area contributed by atoms with Gasteiger partial charge in [0.25, 0.3) is 5.91 Å². The van der Waals surface area contributed by atoms with Crippen molar-refractivity contribution in [1.82, 2.24) is 15.3 Å². The van der Waals surface area contributed by atoms with Gasteiger partial charge in [-0.05, 0) is 60.6 Å². The predicted octanol–water partition coefficient (Wildman–Crippen LogP) is 5.01. The zero-order chi connectivity index (χ0) is 29.9. The van der Waals surface area contributed by atoms with Gasteiger partial charge >= 0.3 is 6.18 Å². The Morgan fingerprint density at radius 2 is 1.69 bits per heavy atom. The molecule has 2 atom stereocenters. The summed E-state index contributed by atoms with van der Waals surface area (Å²) in [6, 6.07) is 11.6. The summed E-state index contributed by atoms with van der Waals surface area (Å²) in [6.07, 6.45) is 1.52. The van der Waals surface area contributed by atoms with Crippen molar-refractivity contribution in [3.63, 3.8) is 0 Å². The van der Waals surface area contributed by atoms with E-state index in [2.05, 4.69) is 15.3 Å². The van der Waals surface area contributed by atoms with Gasteiger partial charge in [0.05, 0.1) is 34.4 Å². The molecule has 1 unspecified atom stereocenters. The number of hydrogen-bond acceptors (Lipinski definition) is 7. The van der Waals surface area contributed by atoms with Crippen molar-refractivity contribution in [1.29, 1.82) is 0 Å². The Labute approximate surface area is 243 Å². The molecule has 0 radical (unpaired) electrons. The second-order valence-electron chi connectivity index (χ2n) is 10.8. The third-order valence-electron chi connectivity index (χ3n) is 7.76. The van der Waals surface area contributed by atoms with E-state index in [0.29, 0.717) is 38.0 Å². The quantitative estimate of drug-likeness (QED) is 0.329. The van der Waals surface area contributed by atoms with Gasteiger partial charge in [-0.2, -0.15) is 13.2 Å². The molecule has 2 heterocycles. The second-order valence-corrected chi connectivity index (χ2v) is 13.1. The van der Waals surface area contributed by atoms with Crippen LogP contribution in [-0.2, 0) is 27.3 Å². The van der Waals surface area contributed by atoms with E-state index in [9.17, 15) is 26.4 Å². The molecule has 42 heavy (non-hydrogen) atoms. The third-order valence-corrected chi connectivity index (χ3v) is 9.51. The summed E-state index contributed by atoms with van der Waals surface area (Å²) in [5, 5.41) is 2.79. The molecule has 12 heteroatoms. The second kappa shape index (κ2) is 12.4. The fourth-order valence-corrected chi connectivity index (χ4v) is 5.90. The maximum absolute atomic E-state index is 13.1. The van der Waals surface area contributed by atoms with E-state index in [0.717, 1.165) is 23.3 Å². The normalized spacial score (nSPS) is 19.2. The molecule has 3 aromatic rings. The SMILES string of the molecule is CCS(=O)(=O)c1ccc(CNC(=O)c2cnc(N3CC(c4ccc(C(F)(F)F)cc4)C[C@H]3COCC3CC3)nc2)cc1. The Hall–Kier alpha value is -3.51. The number of carbonyl (C=O) groups excluding carboxylic acids is 1. The first kappa shape index (κ1) is 30.0. The highest BCUT2D eigenvalue weighted by Crippen LogP contribution is 2.36. The minimum atomic E-state index is -4.39. The average Bonchev–Trinajstić information content (AvgIpc) is 3.72. The number of benzene rings is 2. The van der Waals surface area contributed by atoms with Crippen LogP contribution in [0.3, 0.4) is 0 Å². The lowest BCUT2D eigenvalue weighted by Gasteiger charge is -2.24. The molecule has 0 bridgehead atoms. The van der Waals surface area contributed by atoms with E-state index >= 15 is 0 Å². The zero-order valence-electron chi connectivity index (χ0n) is 23.2. The highest BCUT2D eigenvalue weighted by atomic mass is 32.2. The predicted molar refractivity (Wildman–Crippen MR) is 151 cm³/mol. The van der Waals surface area contributed by atoms with Gasteiger partial charge < -0.3 is 15.0 Å². The number of nitrogens with one attached hydrogen (secondary N) is 1. The van der Waals surface area contributed by atoms with E-state index in [1.165, 1.54) is 49.5 Å². The third kappa shape index (κ3) is 7.27. The number of amides is 1. The number of aromatic nitrogens is 2. The topological polar surface area (TPSA) is 101 Å². The summed E-state index contributed by atoms with van der Waals surface area (Å²) in [6.45, 7) is 3.44. The van der Waals surface area contributed by atoms with Crippen LogP contribution in [0.2, 0.25) is 0 Å². The minimum Gasteiger partial charge on any atom is -0.379 e. The number of nitrogens with zero attached hydrogens (tertiary/aromatic N) is 3. The molecule has 2 fully saturated rings. The molecule has 1 aromatic heterocycles. The molecular weight excluding hydrogens is 569 g/mol. The first-order valence-corrected chi connectivity index (χ1v) is 15.6. The smallest absolute Gasteiger partial charge is 0.379 e. The van der Waals surface area contributed by atoms with Crippen molar-refractivity contribution >= 4 is 21.7 Å². The van der Waals surface area contributed by atoms with Crippen LogP contribution in [0.5, 0.6) is 0 Å². The maximum atomic E-state index is 13.1. The van der Waals surface area contributed by atoms with E-state index < -0.39 is 21.6 Å². The number of alkyl halides is 3. The average molecular weight is 603 g/mol. The number of hydrogen-bond donors (Lipinski definition) is 1. The summed E-state index contributed by atoms with van der Waals surface area (Å²) in [7, 11) is -3.29. The summed E-state index contributed by atoms with van der Waals surface area (Å²) in [4.78, 5) is 23.9. The van der Waals surface area contributed by atoms with Crippen molar-refractivity contribution < 1.29 is 31.1 Å². The summed E-state index contributed by atoms with van der Waals surface area (Å²) in [5.41, 5.74) is 1.15. The molecule has 1 saturated heterocycles. The molecular formula is C30H33F3N4O4S. The summed E-state index contributed by atoms with van der Waals surface area (Å²) in [5.74, 6) is 0.642. The van der Waals surface area contributed by atoms with Crippen molar-refractivity contribution in [2.45, 2.75) is 55.8 Å². The van der Waals surface area contributed by atoms with Gasteiger partial charge in [-0.1, -0.05) is 31.2 Å². The van der Waals surface area contributed by atoms with Gasteiger partial charge in [-0.3, -0.25) is 4.79 Å². The first-order chi connectivity index (χ1) is 20.0. The van der Waals surface area contributed by atoms with Gasteiger partial charge in [-0.25, -0.2) is 18.4 Å². The van der Waals surface area contributed by atoms with Crippen LogP contribution < -0.4 is 10.2 Å². The summed E-state index contributed by atoms with van der Waals surface area (Å²) < 4.78 is 69.1. The molecule has 1 aliphatic carbocycles. The molecule has 1 saturated carbocycles. The summed E-state index contributed by atoms with van der Waals surface area (Å²) >= 11 is 0. The molecule has 8 nitrogen and oxygen atoms in total. The molecule has 5 rings (SSSR count). The number of rotatable bonds is 11. The Bertz CT molecular complexity index is 1480. The van der Waals surface area contributed by atoms with Gasteiger partial charge in [0.1, 0.15) is 0 Å². The Morgan fingerprint density at radius 1 is 1.02 bits per heavy atom. The zero-order valence-corrected chi connectivity index (χ0v) is 24.0. The molecule has 0 spiro atoms. The largest absolute Gasteiger partial charge is 0.416 e. The lowest BCUT2D eigenvalue weighted by molar-refractivity contribution is -0.137. The van der Waals surface area contributed by atoms with Crippen LogP contribution in [-0.4, -0.2) is 55.8 Å². The Balaban J connectivity index is 1.23. The number of sulfone groups is 1. The highest BCUT2D eigenvalue weighted by Gasteiger charge is 2.36. The van der Waals surface area contributed by atoms with Gasteiger partial charge in [0.15, 0.2) is 9.84 Å². The molecule has 2 aliphatic rings. The van der Waals surface area contributed by atoms with Crippen LogP contribution in [0.15, 0.2) is 65.8 Å². The van der Waals surface area contributed by atoms with E-state index in [1.54, 1.807) is 19.1 Å². The van der Waals surface area contributed by atoms with Gasteiger partial charge in [0.2, 0.25) is 5.95 Å². The molecule has 1 aliphatic heterocycles. The molecule has 2 aromatic carbocycles. The standard InChI is InChI=1S/C30H33F3N4O4S/c1-2-42(39,40)27-11-5-20(6-12-27)14-34-28(38)24-15-35-29(36-16-24)37-17-23(13-26(37)19-41-18-21-3-4-21)22-7-9-25(10-8-22)30(31,32)33/h5-12,15-16,21,23,26H,2-4,13-14,17-19H2,1H3,(H,34,38)/t23?,26-/m0/s1. The number of carbonyl (C=O) groups is 1. The van der Waals surface area contributed by atoms with Crippen LogP contribution in [0.1, 0.15) is 59.2 Å². The van der Waals surface area contributed by atoms with Crippen molar-refractivity contribution in [2.24, 2.45) is 5.92 Å². The Kier molecular flexibility index (Phi) is 8.84. The van der Waals surface area contributed by atoms with Crippen molar-refractivity contribution in [2.75, 3.05) is 30.4 Å². The fraction of sp³-hybridized carbons (Fsp3) is 0.433. The van der Waals surface area contributed by atoms with Crippen LogP contribution in [0, 0.1) is 5.92 Å². The lowest BCUT2D eigenvalue weighted by atomic mass is 9.95. The van der Waals surface area contributed by atoms with Gasteiger partial charge in [0, 0.05) is 38.0 Å². The monoisotopic (exact) mass is 602 g/mol. The first-order valence-electron chi connectivity index (χ1n) is 14.0. The number of halogens is 3. The maximum Gasteiger partial charge on any atom is 0.416 e. The molecule has 1 N–H and O–H groups in total. The minimum absolute atomic E-state index is 0.0143. The van der Waals surface area contributed by atoms with E-state index in [-0.39, 0.29) is 40.6 Å². The van der Waals surface area contributed by atoms with Crippen LogP contribution in [0.25, 0.3) is 0 Å². The van der Waals surface area contributed by atoms with Crippen LogP contribution >= 0.6 is 0 Å². The fourth-order valence-electron chi connectivity index (χ4n) is 5.01. The Morgan fingerprint density at radius 3 is 2.29 bits per heavy atom. The van der Waals surface area contributed by atoms with Crippen molar-refractivity contribution in [3.8, 4) is 0 Å². The number of anilines is 1. The number of ether oxygens (including phenoxy) is 1. The molecule has 1 amide bonds. The van der Waals surface area contributed by atoms with Gasteiger partial charge in [-0.15, -0.1) is 0 Å².